The monoisotopic (exact) mass is 287 g/mol. The predicted molar refractivity (Wildman–Crippen MR) is 82.5 cm³/mol. The minimum absolute atomic E-state index is 0.0604. The van der Waals surface area contributed by atoms with E-state index in [1.807, 2.05) is 43.3 Å². The van der Waals surface area contributed by atoms with Gasteiger partial charge in [-0.3, -0.25) is 9.59 Å². The molecular weight excluding hydrogens is 266 g/mol. The number of fused-ring (bicyclic) bond motifs is 1. The van der Waals surface area contributed by atoms with Crippen LogP contribution in [0.4, 0.5) is 11.4 Å². The molecule has 1 aromatic rings. The van der Waals surface area contributed by atoms with Crippen LogP contribution in [0.5, 0.6) is 0 Å². The van der Waals surface area contributed by atoms with Crippen LogP contribution in [0.15, 0.2) is 24.3 Å². The standard InChI is InChI=1S/C16H21N3O2/c1-17(2)12-6-5-7-13(10-12)19-11-15(20)18-9-4-3-8-14(18)16(19)21/h5-7,10,14H,3-4,8-9,11H2,1-2H3. The smallest absolute Gasteiger partial charge is 0.250 e. The molecule has 0 N–H and O–H groups in total. The molecule has 21 heavy (non-hydrogen) atoms. The SMILES string of the molecule is CN(C)c1cccc(N2CC(=O)N3CCCCC3C2=O)c1. The fourth-order valence-electron chi connectivity index (χ4n) is 3.13. The van der Waals surface area contributed by atoms with Crippen LogP contribution >= 0.6 is 0 Å². The molecule has 2 aliphatic rings. The number of rotatable bonds is 2. The Morgan fingerprint density at radius 2 is 2.00 bits per heavy atom. The molecule has 2 aliphatic heterocycles. The highest BCUT2D eigenvalue weighted by Gasteiger charge is 2.40. The topological polar surface area (TPSA) is 43.9 Å². The third-order valence-corrected chi connectivity index (χ3v) is 4.33. The van der Waals surface area contributed by atoms with Crippen LogP contribution in [-0.2, 0) is 9.59 Å². The number of piperidine rings is 1. The van der Waals surface area contributed by atoms with Crippen molar-refractivity contribution >= 4 is 23.2 Å². The molecule has 0 aromatic heterocycles. The highest BCUT2D eigenvalue weighted by Crippen LogP contribution is 2.28. The van der Waals surface area contributed by atoms with Crippen molar-refractivity contribution < 1.29 is 9.59 Å². The number of hydrogen-bond acceptors (Lipinski definition) is 3. The Labute approximate surface area is 125 Å². The Morgan fingerprint density at radius 3 is 2.76 bits per heavy atom. The van der Waals surface area contributed by atoms with E-state index in [1.54, 1.807) is 9.80 Å². The molecular formula is C16H21N3O2. The van der Waals surface area contributed by atoms with Crippen molar-refractivity contribution in [2.75, 3.05) is 37.0 Å². The van der Waals surface area contributed by atoms with Crippen molar-refractivity contribution in [2.45, 2.75) is 25.3 Å². The number of benzene rings is 1. The van der Waals surface area contributed by atoms with Gasteiger partial charge in [0.15, 0.2) is 0 Å². The average Bonchev–Trinajstić information content (AvgIpc) is 2.51. The van der Waals surface area contributed by atoms with Gasteiger partial charge >= 0.3 is 0 Å². The van der Waals surface area contributed by atoms with Gasteiger partial charge in [-0.1, -0.05) is 6.07 Å². The molecule has 112 valence electrons. The highest BCUT2D eigenvalue weighted by atomic mass is 16.2. The summed E-state index contributed by atoms with van der Waals surface area (Å²) >= 11 is 0. The molecule has 3 rings (SSSR count). The fourth-order valence-corrected chi connectivity index (χ4v) is 3.13. The number of carbonyl (C=O) groups is 2. The van der Waals surface area contributed by atoms with Crippen molar-refractivity contribution in [3.05, 3.63) is 24.3 Å². The Morgan fingerprint density at radius 1 is 1.19 bits per heavy atom. The highest BCUT2D eigenvalue weighted by molar-refractivity contribution is 6.06. The van der Waals surface area contributed by atoms with Gasteiger partial charge in [-0.25, -0.2) is 0 Å². The number of hydrogen-bond donors (Lipinski definition) is 0. The van der Waals surface area contributed by atoms with Crippen LogP contribution in [0.1, 0.15) is 19.3 Å². The lowest BCUT2D eigenvalue weighted by Crippen LogP contribution is -2.61. The molecule has 5 nitrogen and oxygen atoms in total. The van der Waals surface area contributed by atoms with Crippen molar-refractivity contribution in [1.82, 2.24) is 4.90 Å². The second-order valence-corrected chi connectivity index (χ2v) is 5.94. The molecule has 0 saturated carbocycles. The van der Waals surface area contributed by atoms with E-state index >= 15 is 0 Å². The maximum absolute atomic E-state index is 12.7. The van der Waals surface area contributed by atoms with Gasteiger partial charge in [0.05, 0.1) is 0 Å². The summed E-state index contributed by atoms with van der Waals surface area (Å²) < 4.78 is 0. The van der Waals surface area contributed by atoms with E-state index in [0.29, 0.717) is 0 Å². The van der Waals surface area contributed by atoms with Gasteiger partial charge in [-0.15, -0.1) is 0 Å². The molecule has 2 fully saturated rings. The van der Waals surface area contributed by atoms with Crippen molar-refractivity contribution in [3.8, 4) is 0 Å². The second-order valence-electron chi connectivity index (χ2n) is 5.94. The fraction of sp³-hybridized carbons (Fsp3) is 0.500. The second kappa shape index (κ2) is 5.39. The lowest BCUT2D eigenvalue weighted by atomic mass is 9.98. The summed E-state index contributed by atoms with van der Waals surface area (Å²) in [7, 11) is 3.93. The summed E-state index contributed by atoms with van der Waals surface area (Å²) in [5, 5.41) is 0. The van der Waals surface area contributed by atoms with Crippen LogP contribution in [0.2, 0.25) is 0 Å². The van der Waals surface area contributed by atoms with Crippen LogP contribution in [-0.4, -0.2) is 49.9 Å². The third kappa shape index (κ3) is 2.48. The first kappa shape index (κ1) is 13.9. The first-order valence-corrected chi connectivity index (χ1v) is 7.46. The van der Waals surface area contributed by atoms with E-state index in [2.05, 4.69) is 0 Å². The summed E-state index contributed by atoms with van der Waals surface area (Å²) in [4.78, 5) is 30.4. The zero-order chi connectivity index (χ0) is 15.0. The minimum atomic E-state index is -0.261. The molecule has 1 atom stereocenters. The van der Waals surface area contributed by atoms with Gasteiger partial charge in [0.25, 0.3) is 0 Å². The number of anilines is 2. The number of piperazine rings is 1. The molecule has 2 saturated heterocycles. The van der Waals surface area contributed by atoms with E-state index in [9.17, 15) is 9.59 Å². The largest absolute Gasteiger partial charge is 0.378 e. The van der Waals surface area contributed by atoms with Gasteiger partial charge in [0, 0.05) is 32.0 Å². The van der Waals surface area contributed by atoms with Gasteiger partial charge in [0.2, 0.25) is 11.8 Å². The van der Waals surface area contributed by atoms with Crippen LogP contribution < -0.4 is 9.80 Å². The van der Waals surface area contributed by atoms with Crippen LogP contribution in [0.25, 0.3) is 0 Å². The van der Waals surface area contributed by atoms with E-state index in [0.717, 1.165) is 37.2 Å². The zero-order valence-corrected chi connectivity index (χ0v) is 12.6. The van der Waals surface area contributed by atoms with Crippen molar-refractivity contribution in [1.29, 1.82) is 0 Å². The van der Waals surface area contributed by atoms with Gasteiger partial charge in [-0.2, -0.15) is 0 Å². The van der Waals surface area contributed by atoms with Gasteiger partial charge in [-0.05, 0) is 37.5 Å². The molecule has 1 unspecified atom stereocenters. The third-order valence-electron chi connectivity index (χ3n) is 4.33. The number of amides is 2. The molecule has 1 aromatic carbocycles. The summed E-state index contributed by atoms with van der Waals surface area (Å²) in [6.45, 7) is 0.882. The Hall–Kier alpha value is -2.04. The number of nitrogens with zero attached hydrogens (tertiary/aromatic N) is 3. The van der Waals surface area contributed by atoms with E-state index in [4.69, 9.17) is 0 Å². The Balaban J connectivity index is 1.90. The lowest BCUT2D eigenvalue weighted by Gasteiger charge is -2.42. The Bertz CT molecular complexity index is 570. The van der Waals surface area contributed by atoms with Gasteiger partial charge in [0.1, 0.15) is 12.6 Å². The molecule has 2 amide bonds. The van der Waals surface area contributed by atoms with E-state index in [1.165, 1.54) is 0 Å². The minimum Gasteiger partial charge on any atom is -0.378 e. The molecule has 2 heterocycles. The van der Waals surface area contributed by atoms with E-state index < -0.39 is 0 Å². The van der Waals surface area contributed by atoms with Crippen molar-refractivity contribution in [3.63, 3.8) is 0 Å². The summed E-state index contributed by atoms with van der Waals surface area (Å²) in [5.41, 5.74) is 1.84. The first-order chi connectivity index (χ1) is 10.1. The normalized spacial score (nSPS) is 22.3. The summed E-state index contributed by atoms with van der Waals surface area (Å²) in [6, 6.07) is 7.52. The molecule has 0 spiro atoms. The molecule has 0 bridgehead atoms. The maximum atomic E-state index is 12.7. The molecule has 0 radical (unpaired) electrons. The van der Waals surface area contributed by atoms with Crippen molar-refractivity contribution in [2.24, 2.45) is 0 Å². The molecule has 0 aliphatic carbocycles. The lowest BCUT2D eigenvalue weighted by molar-refractivity contribution is -0.144. The van der Waals surface area contributed by atoms with E-state index in [-0.39, 0.29) is 24.4 Å². The maximum Gasteiger partial charge on any atom is 0.250 e. The summed E-state index contributed by atoms with van der Waals surface area (Å²) in [6.07, 6.45) is 2.81. The first-order valence-electron chi connectivity index (χ1n) is 7.46. The molecule has 5 heteroatoms. The van der Waals surface area contributed by atoms with Crippen LogP contribution in [0.3, 0.4) is 0 Å². The Kier molecular flexibility index (Phi) is 3.57. The summed E-state index contributed by atoms with van der Waals surface area (Å²) in [5.74, 6) is 0.125. The average molecular weight is 287 g/mol. The van der Waals surface area contributed by atoms with Gasteiger partial charge < -0.3 is 14.7 Å². The zero-order valence-electron chi connectivity index (χ0n) is 12.6. The quantitative estimate of drug-likeness (QED) is 0.827. The predicted octanol–water partition coefficient (Wildman–Crippen LogP) is 1.48. The number of carbonyl (C=O) groups excluding carboxylic acids is 2. The van der Waals surface area contributed by atoms with Crippen LogP contribution in [0, 0.1) is 0 Å².